The zero-order valence-corrected chi connectivity index (χ0v) is 12.6. The molecule has 19 heavy (non-hydrogen) atoms. The minimum Gasteiger partial charge on any atom is -0.280 e. The molecule has 2 heteroatoms. The van der Waals surface area contributed by atoms with Crippen LogP contribution in [0.25, 0.3) is 0 Å². The first-order valence-corrected chi connectivity index (χ1v) is 7.16. The van der Waals surface area contributed by atoms with Crippen molar-refractivity contribution >= 4 is 0 Å². The van der Waals surface area contributed by atoms with Gasteiger partial charge in [-0.25, -0.2) is 0 Å². The van der Waals surface area contributed by atoms with E-state index in [1.54, 1.807) is 0 Å². The van der Waals surface area contributed by atoms with E-state index in [-0.39, 0.29) is 0 Å². The van der Waals surface area contributed by atoms with Crippen molar-refractivity contribution < 1.29 is 0 Å². The van der Waals surface area contributed by atoms with Crippen LogP contribution >= 0.6 is 0 Å². The van der Waals surface area contributed by atoms with E-state index in [9.17, 15) is 0 Å². The molecule has 0 bridgehead atoms. The van der Waals surface area contributed by atoms with E-state index in [2.05, 4.69) is 43.0 Å². The number of nitrogens with zero attached hydrogens (tertiary/aromatic N) is 2. The van der Waals surface area contributed by atoms with E-state index in [0.717, 1.165) is 32.6 Å². The van der Waals surface area contributed by atoms with Crippen LogP contribution < -0.4 is 0 Å². The summed E-state index contributed by atoms with van der Waals surface area (Å²) in [5, 5.41) is 0. The molecule has 0 aromatic heterocycles. The highest BCUT2D eigenvalue weighted by atomic mass is 15.3. The van der Waals surface area contributed by atoms with Crippen LogP contribution in [0.1, 0.15) is 26.2 Å². The number of unbranched alkanes of at least 4 members (excludes halogenated alkanes) is 1. The minimum atomic E-state index is 0.395. The Hall–Kier alpha value is -1.12. The van der Waals surface area contributed by atoms with E-state index in [0.29, 0.717) is 6.17 Å². The molecule has 0 heterocycles. The molecule has 0 saturated heterocycles. The molecular formula is C17H30N2. The Morgan fingerprint density at radius 2 is 1.16 bits per heavy atom. The van der Waals surface area contributed by atoms with Crippen LogP contribution in [0.4, 0.5) is 0 Å². The third-order valence-electron chi connectivity index (χ3n) is 3.11. The van der Waals surface area contributed by atoms with Gasteiger partial charge in [-0.05, 0) is 6.42 Å². The molecule has 0 radical (unpaired) electrons. The van der Waals surface area contributed by atoms with Gasteiger partial charge >= 0.3 is 0 Å². The van der Waals surface area contributed by atoms with E-state index < -0.39 is 0 Å². The highest BCUT2D eigenvalue weighted by Crippen LogP contribution is 2.14. The molecule has 0 aromatic carbocycles. The van der Waals surface area contributed by atoms with Crippen LogP contribution in [0.2, 0.25) is 0 Å². The standard InChI is InChI=1S/C17H30N2/c1-6-11-12-17(18(13-7-2)14-8-3)19(15-9-4)16-10-5/h7-10,17H,2-6,11-16H2,1H3. The molecule has 0 saturated carbocycles. The monoisotopic (exact) mass is 262 g/mol. The maximum absolute atomic E-state index is 3.86. The van der Waals surface area contributed by atoms with Crippen LogP contribution in [0, 0.1) is 0 Å². The zero-order chi connectivity index (χ0) is 14.5. The molecule has 0 aliphatic rings. The largest absolute Gasteiger partial charge is 0.280 e. The lowest BCUT2D eigenvalue weighted by Gasteiger charge is -2.38. The fourth-order valence-corrected chi connectivity index (χ4v) is 2.28. The lowest BCUT2D eigenvalue weighted by Crippen LogP contribution is -2.48. The molecule has 0 aliphatic carbocycles. The average Bonchev–Trinajstić information content (AvgIpc) is 2.40. The van der Waals surface area contributed by atoms with Crippen molar-refractivity contribution in [1.82, 2.24) is 9.80 Å². The summed E-state index contributed by atoms with van der Waals surface area (Å²) in [7, 11) is 0. The van der Waals surface area contributed by atoms with E-state index >= 15 is 0 Å². The van der Waals surface area contributed by atoms with Crippen LogP contribution in [-0.2, 0) is 0 Å². The van der Waals surface area contributed by atoms with Gasteiger partial charge in [0.15, 0.2) is 0 Å². The van der Waals surface area contributed by atoms with Crippen molar-refractivity contribution in [2.45, 2.75) is 32.4 Å². The average molecular weight is 262 g/mol. The molecule has 0 aromatic rings. The van der Waals surface area contributed by atoms with Gasteiger partial charge in [0.05, 0.1) is 6.17 Å². The van der Waals surface area contributed by atoms with E-state index in [4.69, 9.17) is 0 Å². The summed E-state index contributed by atoms with van der Waals surface area (Å²) >= 11 is 0. The van der Waals surface area contributed by atoms with Crippen molar-refractivity contribution in [2.75, 3.05) is 26.2 Å². The van der Waals surface area contributed by atoms with Gasteiger partial charge in [-0.3, -0.25) is 9.80 Å². The predicted molar refractivity (Wildman–Crippen MR) is 87.2 cm³/mol. The highest BCUT2D eigenvalue weighted by molar-refractivity contribution is 4.89. The first-order valence-electron chi connectivity index (χ1n) is 7.16. The maximum Gasteiger partial charge on any atom is 0.0633 e. The normalized spacial score (nSPS) is 10.9. The maximum atomic E-state index is 3.86. The zero-order valence-electron chi connectivity index (χ0n) is 12.6. The first kappa shape index (κ1) is 17.9. The fourth-order valence-electron chi connectivity index (χ4n) is 2.28. The summed E-state index contributed by atoms with van der Waals surface area (Å²) in [6, 6.07) is 0. The van der Waals surface area contributed by atoms with E-state index in [1.165, 1.54) is 12.8 Å². The second-order valence-corrected chi connectivity index (χ2v) is 4.69. The Kier molecular flexibility index (Phi) is 11.2. The second-order valence-electron chi connectivity index (χ2n) is 4.69. The van der Waals surface area contributed by atoms with Crippen LogP contribution in [0.15, 0.2) is 50.6 Å². The topological polar surface area (TPSA) is 6.48 Å². The van der Waals surface area contributed by atoms with Crippen molar-refractivity contribution in [2.24, 2.45) is 0 Å². The van der Waals surface area contributed by atoms with Gasteiger partial charge in [0.25, 0.3) is 0 Å². The predicted octanol–water partition coefficient (Wildman–Crippen LogP) is 3.85. The molecule has 108 valence electrons. The Labute approximate surface area is 119 Å². The highest BCUT2D eigenvalue weighted by Gasteiger charge is 2.21. The second kappa shape index (κ2) is 11.9. The van der Waals surface area contributed by atoms with Crippen LogP contribution in [0.5, 0.6) is 0 Å². The molecule has 0 spiro atoms. The van der Waals surface area contributed by atoms with Crippen LogP contribution in [0.3, 0.4) is 0 Å². The minimum absolute atomic E-state index is 0.395. The summed E-state index contributed by atoms with van der Waals surface area (Å²) in [5.41, 5.74) is 0. The summed E-state index contributed by atoms with van der Waals surface area (Å²) in [6.45, 7) is 21.2. The molecule has 0 atom stereocenters. The Bertz CT molecular complexity index is 226. The third kappa shape index (κ3) is 7.14. The molecule has 2 nitrogen and oxygen atoms in total. The quantitative estimate of drug-likeness (QED) is 0.367. The first-order chi connectivity index (χ1) is 9.24. The van der Waals surface area contributed by atoms with E-state index in [1.807, 2.05) is 24.3 Å². The van der Waals surface area contributed by atoms with Gasteiger partial charge in [0.2, 0.25) is 0 Å². The lowest BCUT2D eigenvalue weighted by atomic mass is 10.1. The Morgan fingerprint density at radius 3 is 1.42 bits per heavy atom. The summed E-state index contributed by atoms with van der Waals surface area (Å²) in [4.78, 5) is 4.81. The summed E-state index contributed by atoms with van der Waals surface area (Å²) in [6.07, 6.45) is 11.8. The summed E-state index contributed by atoms with van der Waals surface area (Å²) in [5.74, 6) is 0. The summed E-state index contributed by atoms with van der Waals surface area (Å²) < 4.78 is 0. The fraction of sp³-hybridized carbons (Fsp3) is 0.529. The molecular weight excluding hydrogens is 232 g/mol. The number of hydrogen-bond acceptors (Lipinski definition) is 2. The molecule has 0 amide bonds. The van der Waals surface area contributed by atoms with Crippen molar-refractivity contribution in [3.05, 3.63) is 50.6 Å². The van der Waals surface area contributed by atoms with Gasteiger partial charge < -0.3 is 0 Å². The molecule has 0 unspecified atom stereocenters. The SMILES string of the molecule is C=CCN(CC=C)C(CCCC)N(CC=C)CC=C. The lowest BCUT2D eigenvalue weighted by molar-refractivity contribution is 0.0681. The van der Waals surface area contributed by atoms with Gasteiger partial charge in [-0.15, -0.1) is 26.3 Å². The van der Waals surface area contributed by atoms with Gasteiger partial charge in [0.1, 0.15) is 0 Å². The van der Waals surface area contributed by atoms with Gasteiger partial charge in [-0.1, -0.05) is 44.1 Å². The number of hydrogen-bond donors (Lipinski definition) is 0. The van der Waals surface area contributed by atoms with Gasteiger partial charge in [-0.2, -0.15) is 0 Å². The van der Waals surface area contributed by atoms with Crippen LogP contribution in [-0.4, -0.2) is 42.1 Å². The van der Waals surface area contributed by atoms with Crippen molar-refractivity contribution in [3.63, 3.8) is 0 Å². The molecule has 0 rings (SSSR count). The van der Waals surface area contributed by atoms with Crippen molar-refractivity contribution in [3.8, 4) is 0 Å². The third-order valence-corrected chi connectivity index (χ3v) is 3.11. The Morgan fingerprint density at radius 1 is 0.789 bits per heavy atom. The number of rotatable bonds is 13. The van der Waals surface area contributed by atoms with Crippen molar-refractivity contribution in [1.29, 1.82) is 0 Å². The molecule has 0 N–H and O–H groups in total. The molecule has 0 aliphatic heterocycles. The smallest absolute Gasteiger partial charge is 0.0633 e. The van der Waals surface area contributed by atoms with Gasteiger partial charge in [0, 0.05) is 26.2 Å². The Balaban J connectivity index is 4.95. The molecule has 0 fully saturated rings.